The maximum Gasteiger partial charge on any atom is 0.0645 e. The van der Waals surface area contributed by atoms with E-state index in [1.165, 1.54) is 0 Å². The van der Waals surface area contributed by atoms with Gasteiger partial charge in [-0.3, -0.25) is 0 Å². The SMILES string of the molecule is [2H]c1c([2H])c(N(c2ccc(-c3ccccc3)cc2)c2ccc(-c3ccc(-c4ccccc4)cc3)cc2)c([2H])c([2H])c1-c1cccc(-n2c3ccccc3c3ccccc32)c1. The first-order valence-electron chi connectivity index (χ1n) is 20.9. The molecule has 0 atom stereocenters. The highest BCUT2D eigenvalue weighted by Crippen LogP contribution is 2.39. The summed E-state index contributed by atoms with van der Waals surface area (Å²) in [7, 11) is 0. The Balaban J connectivity index is 1.08. The maximum atomic E-state index is 9.57. The molecule has 1 aromatic heterocycles. The Kier molecular flexibility index (Phi) is 7.47. The van der Waals surface area contributed by atoms with Gasteiger partial charge in [0.2, 0.25) is 0 Å². The van der Waals surface area contributed by atoms with Crippen LogP contribution in [0.3, 0.4) is 0 Å². The van der Waals surface area contributed by atoms with Gasteiger partial charge in [-0.25, -0.2) is 0 Å². The molecule has 0 aliphatic heterocycles. The molecule has 0 bridgehead atoms. The summed E-state index contributed by atoms with van der Waals surface area (Å²) in [5.41, 5.74) is 12.0. The van der Waals surface area contributed by atoms with Crippen LogP contribution < -0.4 is 4.90 Å². The van der Waals surface area contributed by atoms with Crippen LogP contribution in [0.25, 0.3) is 72.0 Å². The topological polar surface area (TPSA) is 8.17 Å². The quantitative estimate of drug-likeness (QED) is 0.152. The second-order valence-corrected chi connectivity index (χ2v) is 13.9. The molecule has 0 saturated carbocycles. The molecule has 9 aromatic carbocycles. The van der Waals surface area contributed by atoms with Gasteiger partial charge in [0.25, 0.3) is 0 Å². The first kappa shape index (κ1) is 29.0. The molecule has 0 saturated heterocycles. The number of rotatable bonds is 8. The van der Waals surface area contributed by atoms with Gasteiger partial charge in [0.05, 0.1) is 16.5 Å². The lowest BCUT2D eigenvalue weighted by atomic mass is 10.00. The van der Waals surface area contributed by atoms with Crippen molar-refractivity contribution in [2.75, 3.05) is 4.90 Å². The number of para-hydroxylation sites is 2. The van der Waals surface area contributed by atoms with E-state index < -0.39 is 0 Å². The van der Waals surface area contributed by atoms with Gasteiger partial charge in [0.1, 0.15) is 0 Å². The summed E-state index contributed by atoms with van der Waals surface area (Å²) in [5, 5.41) is 2.27. The predicted molar refractivity (Wildman–Crippen MR) is 237 cm³/mol. The lowest BCUT2D eigenvalue weighted by molar-refractivity contribution is 1.18. The van der Waals surface area contributed by atoms with Gasteiger partial charge in [-0.15, -0.1) is 0 Å². The van der Waals surface area contributed by atoms with Crippen LogP contribution in [-0.2, 0) is 0 Å². The smallest absolute Gasteiger partial charge is 0.0645 e. The molecule has 10 aromatic rings. The fourth-order valence-corrected chi connectivity index (χ4v) is 7.69. The van der Waals surface area contributed by atoms with Gasteiger partial charge in [0.15, 0.2) is 0 Å². The zero-order valence-electron chi connectivity index (χ0n) is 34.5. The third-order valence-electron chi connectivity index (χ3n) is 10.5. The molecule has 2 nitrogen and oxygen atoms in total. The van der Waals surface area contributed by atoms with Gasteiger partial charge in [-0.2, -0.15) is 0 Å². The zero-order valence-corrected chi connectivity index (χ0v) is 30.5. The van der Waals surface area contributed by atoms with Crippen molar-refractivity contribution < 1.29 is 5.48 Å². The fraction of sp³-hybridized carbons (Fsp3) is 0. The summed E-state index contributed by atoms with van der Waals surface area (Å²) in [5.74, 6) is 0. The maximum absolute atomic E-state index is 9.57. The number of hydrogen-bond acceptors (Lipinski definition) is 1. The van der Waals surface area contributed by atoms with Crippen LogP contribution in [0, 0.1) is 0 Å². The molecular weight excluding hydrogens is 677 g/mol. The Hall–Kier alpha value is -7.42. The molecule has 0 unspecified atom stereocenters. The summed E-state index contributed by atoms with van der Waals surface area (Å²) >= 11 is 0. The Morgan fingerprint density at radius 1 is 0.304 bits per heavy atom. The lowest BCUT2D eigenvalue weighted by Gasteiger charge is -2.26. The molecule has 0 spiro atoms. The molecule has 1 heterocycles. The Morgan fingerprint density at radius 3 is 1.18 bits per heavy atom. The van der Waals surface area contributed by atoms with E-state index in [4.69, 9.17) is 0 Å². The van der Waals surface area contributed by atoms with Crippen LogP contribution in [0.1, 0.15) is 5.48 Å². The van der Waals surface area contributed by atoms with Crippen LogP contribution >= 0.6 is 0 Å². The van der Waals surface area contributed by atoms with Crippen molar-refractivity contribution in [1.82, 2.24) is 4.57 Å². The molecule has 10 rings (SSSR count). The average molecular weight is 719 g/mol. The highest BCUT2D eigenvalue weighted by Gasteiger charge is 2.15. The van der Waals surface area contributed by atoms with Crippen LogP contribution in [0.5, 0.6) is 0 Å². The van der Waals surface area contributed by atoms with Crippen molar-refractivity contribution in [1.29, 1.82) is 0 Å². The van der Waals surface area contributed by atoms with Crippen molar-refractivity contribution in [3.8, 4) is 50.2 Å². The van der Waals surface area contributed by atoms with E-state index >= 15 is 0 Å². The highest BCUT2D eigenvalue weighted by molar-refractivity contribution is 6.09. The third-order valence-corrected chi connectivity index (χ3v) is 10.5. The monoisotopic (exact) mass is 718 g/mol. The Bertz CT molecular complexity index is 3080. The average Bonchev–Trinajstić information content (AvgIpc) is 3.65. The fourth-order valence-electron chi connectivity index (χ4n) is 7.69. The van der Waals surface area contributed by atoms with Crippen LogP contribution in [0.4, 0.5) is 17.1 Å². The van der Waals surface area contributed by atoms with E-state index in [2.05, 4.69) is 77.4 Å². The van der Waals surface area contributed by atoms with E-state index in [1.807, 2.05) is 138 Å². The zero-order chi connectivity index (χ0) is 40.7. The first-order chi connectivity index (χ1) is 29.4. The molecule has 0 radical (unpaired) electrons. The molecule has 264 valence electrons. The summed E-state index contributed by atoms with van der Waals surface area (Å²) in [6.45, 7) is 0. The van der Waals surface area contributed by atoms with Crippen LogP contribution in [0.15, 0.2) is 230 Å². The van der Waals surface area contributed by atoms with Gasteiger partial charge >= 0.3 is 0 Å². The third kappa shape index (κ3) is 6.24. The van der Waals surface area contributed by atoms with Gasteiger partial charge in [0, 0.05) is 33.5 Å². The molecule has 0 N–H and O–H groups in total. The van der Waals surface area contributed by atoms with Gasteiger partial charge in [-0.1, -0.05) is 170 Å². The molecule has 56 heavy (non-hydrogen) atoms. The second-order valence-electron chi connectivity index (χ2n) is 13.9. The van der Waals surface area contributed by atoms with Gasteiger partial charge < -0.3 is 9.47 Å². The van der Waals surface area contributed by atoms with E-state index in [-0.39, 0.29) is 35.4 Å². The predicted octanol–water partition coefficient (Wildman–Crippen LogP) is 14.9. The minimum absolute atomic E-state index is 0.105. The molecule has 0 aliphatic carbocycles. The summed E-state index contributed by atoms with van der Waals surface area (Å²) in [4.78, 5) is 1.84. The highest BCUT2D eigenvalue weighted by atomic mass is 15.1. The Labute approximate surface area is 333 Å². The molecule has 0 aliphatic rings. The Morgan fingerprint density at radius 2 is 0.696 bits per heavy atom. The van der Waals surface area contributed by atoms with Crippen LogP contribution in [0.2, 0.25) is 0 Å². The summed E-state index contributed by atoms with van der Waals surface area (Å²) in [6.07, 6.45) is 0. The summed E-state index contributed by atoms with van der Waals surface area (Å²) in [6, 6.07) is 68.9. The van der Waals surface area contributed by atoms with E-state index in [0.29, 0.717) is 11.3 Å². The van der Waals surface area contributed by atoms with Crippen molar-refractivity contribution in [2.45, 2.75) is 0 Å². The number of hydrogen-bond donors (Lipinski definition) is 0. The number of anilines is 3. The largest absolute Gasteiger partial charge is 0.311 e. The van der Waals surface area contributed by atoms with Crippen molar-refractivity contribution in [3.05, 3.63) is 230 Å². The molecule has 0 fully saturated rings. The number of aromatic nitrogens is 1. The van der Waals surface area contributed by atoms with Crippen molar-refractivity contribution in [2.24, 2.45) is 0 Å². The van der Waals surface area contributed by atoms with E-state index in [9.17, 15) is 5.48 Å². The minimum atomic E-state index is -0.124. The van der Waals surface area contributed by atoms with Crippen molar-refractivity contribution >= 4 is 38.9 Å². The normalized spacial score (nSPS) is 12.2. The lowest BCUT2D eigenvalue weighted by Crippen LogP contribution is -2.09. The first-order valence-corrected chi connectivity index (χ1v) is 18.9. The number of benzene rings is 9. The molecule has 2 heteroatoms. The number of fused-ring (bicyclic) bond motifs is 3. The second kappa shape index (κ2) is 14.4. The standard InChI is InChI=1S/C54H38N2/c1-3-12-39(13-4-1)41-22-24-42(25-23-41)44-28-34-48(35-29-44)55(47-32-26-43(27-33-47)40-14-5-2-6-15-40)49-36-30-45(31-37-49)46-16-11-17-50(38-46)56-53-20-9-7-18-51(53)52-19-8-10-21-54(52)56/h1-38H/i30D,31D,36D,37D. The van der Waals surface area contributed by atoms with Gasteiger partial charge in [-0.05, 0) is 105 Å². The van der Waals surface area contributed by atoms with Crippen molar-refractivity contribution in [3.63, 3.8) is 0 Å². The van der Waals surface area contributed by atoms with Crippen LogP contribution in [-0.4, -0.2) is 4.57 Å². The number of nitrogens with zero attached hydrogens (tertiary/aromatic N) is 2. The van der Waals surface area contributed by atoms with E-state index in [0.717, 1.165) is 66.6 Å². The van der Waals surface area contributed by atoms with E-state index in [1.54, 1.807) is 0 Å². The molecule has 0 amide bonds. The minimum Gasteiger partial charge on any atom is -0.311 e. The molecular formula is C54H38N2. The summed E-state index contributed by atoms with van der Waals surface area (Å²) < 4.78 is 40.3.